The van der Waals surface area contributed by atoms with Crippen molar-refractivity contribution in [1.29, 1.82) is 0 Å². The number of hydrogen-bond donors (Lipinski definition) is 2. The van der Waals surface area contributed by atoms with Crippen molar-refractivity contribution in [3.05, 3.63) is 72.3 Å². The number of rotatable bonds is 3. The standard InChI is InChI=1S/C22H22N4O3/c27-22(24-16-6-8-19-20(13-16)29-12-11-28-19)25-21-17-4-2-1-3-15(17)5-7-18(21)26-10-9-23-14-26/h1-4,6,8-10,13-14,18,21H,5,7,11-12H2,(H2,24,25,27)/t18-,21+/m0/s1. The van der Waals surface area contributed by atoms with Gasteiger partial charge < -0.3 is 24.7 Å². The van der Waals surface area contributed by atoms with Crippen LogP contribution in [-0.4, -0.2) is 28.8 Å². The van der Waals surface area contributed by atoms with Crippen LogP contribution in [0.4, 0.5) is 10.5 Å². The van der Waals surface area contributed by atoms with Gasteiger partial charge in [0.15, 0.2) is 11.5 Å². The second-order valence-electron chi connectivity index (χ2n) is 7.25. The van der Waals surface area contributed by atoms with E-state index in [-0.39, 0.29) is 18.1 Å². The first kappa shape index (κ1) is 17.6. The number of hydrogen-bond acceptors (Lipinski definition) is 4. The number of carbonyl (C=O) groups excluding carboxylic acids is 1. The minimum absolute atomic E-state index is 0.110. The summed E-state index contributed by atoms with van der Waals surface area (Å²) in [5.41, 5.74) is 3.08. The summed E-state index contributed by atoms with van der Waals surface area (Å²) in [6, 6.07) is 13.4. The zero-order valence-corrected chi connectivity index (χ0v) is 15.9. The fourth-order valence-corrected chi connectivity index (χ4v) is 4.13. The number of urea groups is 1. The quantitative estimate of drug-likeness (QED) is 0.715. The summed E-state index contributed by atoms with van der Waals surface area (Å²) in [4.78, 5) is 17.0. The summed E-state index contributed by atoms with van der Waals surface area (Å²) in [6.07, 6.45) is 7.44. The van der Waals surface area contributed by atoms with E-state index < -0.39 is 0 Å². The lowest BCUT2D eigenvalue weighted by molar-refractivity contribution is 0.171. The van der Waals surface area contributed by atoms with Crippen molar-refractivity contribution in [2.24, 2.45) is 0 Å². The van der Waals surface area contributed by atoms with Gasteiger partial charge in [-0.05, 0) is 36.1 Å². The van der Waals surface area contributed by atoms with Crippen LogP contribution < -0.4 is 20.1 Å². The third kappa shape index (κ3) is 3.51. The van der Waals surface area contributed by atoms with Crippen LogP contribution in [0.25, 0.3) is 0 Å². The Balaban J connectivity index is 1.37. The molecule has 7 nitrogen and oxygen atoms in total. The van der Waals surface area contributed by atoms with Gasteiger partial charge >= 0.3 is 6.03 Å². The molecule has 2 aromatic carbocycles. The monoisotopic (exact) mass is 390 g/mol. The summed E-state index contributed by atoms with van der Waals surface area (Å²) < 4.78 is 13.2. The summed E-state index contributed by atoms with van der Waals surface area (Å²) in [7, 11) is 0. The Labute approximate surface area is 168 Å². The number of nitrogens with zero attached hydrogens (tertiary/aromatic N) is 2. The Bertz CT molecular complexity index is 1020. The van der Waals surface area contributed by atoms with Crippen molar-refractivity contribution in [3.8, 4) is 11.5 Å². The van der Waals surface area contributed by atoms with Crippen LogP contribution in [-0.2, 0) is 6.42 Å². The molecule has 7 heteroatoms. The predicted octanol–water partition coefficient (Wildman–Crippen LogP) is 3.70. The molecule has 0 fully saturated rings. The van der Waals surface area contributed by atoms with Crippen molar-refractivity contribution in [2.75, 3.05) is 18.5 Å². The molecule has 2 N–H and O–H groups in total. The van der Waals surface area contributed by atoms with Gasteiger partial charge in [-0.1, -0.05) is 24.3 Å². The van der Waals surface area contributed by atoms with Crippen molar-refractivity contribution in [2.45, 2.75) is 24.9 Å². The Kier molecular flexibility index (Phi) is 4.56. The van der Waals surface area contributed by atoms with E-state index in [9.17, 15) is 4.79 Å². The highest BCUT2D eigenvalue weighted by Crippen LogP contribution is 2.38. The Hall–Kier alpha value is -3.48. The molecule has 2 atom stereocenters. The summed E-state index contributed by atoms with van der Waals surface area (Å²) >= 11 is 0. The van der Waals surface area contributed by atoms with Gasteiger partial charge in [-0.15, -0.1) is 0 Å². The average Bonchev–Trinajstić information content (AvgIpc) is 3.28. The highest BCUT2D eigenvalue weighted by Gasteiger charge is 2.31. The first-order valence-electron chi connectivity index (χ1n) is 9.80. The predicted molar refractivity (Wildman–Crippen MR) is 108 cm³/mol. The number of benzene rings is 2. The average molecular weight is 390 g/mol. The second-order valence-corrected chi connectivity index (χ2v) is 7.25. The smallest absolute Gasteiger partial charge is 0.319 e. The van der Waals surface area contributed by atoms with Gasteiger partial charge in [0, 0.05) is 24.1 Å². The maximum atomic E-state index is 12.9. The van der Waals surface area contributed by atoms with Gasteiger partial charge in [0.2, 0.25) is 0 Å². The molecule has 2 amide bonds. The van der Waals surface area contributed by atoms with E-state index >= 15 is 0 Å². The van der Waals surface area contributed by atoms with Crippen LogP contribution >= 0.6 is 0 Å². The molecule has 0 saturated carbocycles. The molecule has 5 rings (SSSR count). The lowest BCUT2D eigenvalue weighted by Crippen LogP contribution is -2.39. The largest absolute Gasteiger partial charge is 0.486 e. The van der Waals surface area contributed by atoms with Crippen molar-refractivity contribution in [3.63, 3.8) is 0 Å². The minimum atomic E-state index is -0.256. The normalized spacial score (nSPS) is 19.9. The number of ether oxygens (including phenoxy) is 2. The lowest BCUT2D eigenvalue weighted by Gasteiger charge is -2.35. The molecule has 1 aliphatic carbocycles. The summed E-state index contributed by atoms with van der Waals surface area (Å²) in [5.74, 6) is 1.34. The number of fused-ring (bicyclic) bond motifs is 2. The fourth-order valence-electron chi connectivity index (χ4n) is 4.13. The van der Waals surface area contributed by atoms with E-state index in [1.807, 2.05) is 36.8 Å². The molecule has 0 bridgehead atoms. The number of aromatic nitrogens is 2. The molecule has 0 saturated heterocycles. The zero-order chi connectivity index (χ0) is 19.6. The van der Waals surface area contributed by atoms with Gasteiger partial charge in [0.05, 0.1) is 18.4 Å². The van der Waals surface area contributed by atoms with E-state index in [0.717, 1.165) is 18.4 Å². The van der Waals surface area contributed by atoms with E-state index in [2.05, 4.69) is 32.3 Å². The Morgan fingerprint density at radius 3 is 2.83 bits per heavy atom. The number of carbonyl (C=O) groups is 1. The molecule has 2 aliphatic rings. The van der Waals surface area contributed by atoms with E-state index in [1.54, 1.807) is 12.3 Å². The number of nitrogens with one attached hydrogen (secondary N) is 2. The summed E-state index contributed by atoms with van der Waals surface area (Å²) in [6.45, 7) is 1.05. The van der Waals surface area contributed by atoms with Gasteiger partial charge in [0.25, 0.3) is 0 Å². The van der Waals surface area contributed by atoms with Gasteiger partial charge in [-0.25, -0.2) is 9.78 Å². The molecule has 1 aliphatic heterocycles. The molecular weight excluding hydrogens is 368 g/mol. The SMILES string of the molecule is O=C(Nc1ccc2c(c1)OCCO2)N[C@@H]1c2ccccc2CC[C@@H]1n1ccnc1. The van der Waals surface area contributed by atoms with E-state index in [0.29, 0.717) is 30.4 Å². The molecule has 0 radical (unpaired) electrons. The maximum absolute atomic E-state index is 12.9. The number of imidazole rings is 1. The number of anilines is 1. The molecule has 3 aromatic rings. The molecule has 148 valence electrons. The Morgan fingerprint density at radius 2 is 1.97 bits per heavy atom. The lowest BCUT2D eigenvalue weighted by atomic mass is 9.84. The van der Waals surface area contributed by atoms with Crippen molar-refractivity contribution >= 4 is 11.7 Å². The zero-order valence-electron chi connectivity index (χ0n) is 15.9. The third-order valence-corrected chi connectivity index (χ3v) is 5.48. The van der Waals surface area contributed by atoms with Crippen LogP contribution in [0.15, 0.2) is 61.2 Å². The van der Waals surface area contributed by atoms with Crippen LogP contribution in [0.3, 0.4) is 0 Å². The van der Waals surface area contributed by atoms with Gasteiger partial charge in [-0.2, -0.15) is 0 Å². The van der Waals surface area contributed by atoms with E-state index in [4.69, 9.17) is 9.47 Å². The topological polar surface area (TPSA) is 77.4 Å². The molecular formula is C22H22N4O3. The molecule has 29 heavy (non-hydrogen) atoms. The van der Waals surface area contributed by atoms with Crippen LogP contribution in [0.2, 0.25) is 0 Å². The van der Waals surface area contributed by atoms with Crippen molar-refractivity contribution in [1.82, 2.24) is 14.9 Å². The highest BCUT2D eigenvalue weighted by atomic mass is 16.6. The maximum Gasteiger partial charge on any atom is 0.319 e. The summed E-state index contributed by atoms with van der Waals surface area (Å²) in [5, 5.41) is 6.10. The van der Waals surface area contributed by atoms with Crippen molar-refractivity contribution < 1.29 is 14.3 Å². The van der Waals surface area contributed by atoms with Crippen LogP contribution in [0.1, 0.15) is 29.6 Å². The minimum Gasteiger partial charge on any atom is -0.486 e. The number of amides is 2. The van der Waals surface area contributed by atoms with Gasteiger partial charge in [0.1, 0.15) is 13.2 Å². The molecule has 0 unspecified atom stereocenters. The molecule has 0 spiro atoms. The molecule has 2 heterocycles. The first-order valence-corrected chi connectivity index (χ1v) is 9.80. The molecule has 1 aromatic heterocycles. The third-order valence-electron chi connectivity index (χ3n) is 5.48. The van der Waals surface area contributed by atoms with Gasteiger partial charge in [-0.3, -0.25) is 0 Å². The number of aryl methyl sites for hydroxylation is 1. The van der Waals surface area contributed by atoms with E-state index in [1.165, 1.54) is 5.56 Å². The first-order chi connectivity index (χ1) is 14.3. The van der Waals surface area contributed by atoms with Crippen LogP contribution in [0.5, 0.6) is 11.5 Å². The Morgan fingerprint density at radius 1 is 1.10 bits per heavy atom. The highest BCUT2D eigenvalue weighted by molar-refractivity contribution is 5.90. The fraction of sp³-hybridized carbons (Fsp3) is 0.273. The second kappa shape index (κ2) is 7.50. The van der Waals surface area contributed by atoms with Crippen LogP contribution in [0, 0.1) is 0 Å².